The van der Waals surface area contributed by atoms with E-state index in [0.717, 1.165) is 44.0 Å². The van der Waals surface area contributed by atoms with Crippen molar-refractivity contribution in [3.05, 3.63) is 11.6 Å². The highest BCUT2D eigenvalue weighted by atomic mass is 16.2. The summed E-state index contributed by atoms with van der Waals surface area (Å²) in [6.45, 7) is 5.74. The summed E-state index contributed by atoms with van der Waals surface area (Å²) in [5.41, 5.74) is 0. The average Bonchev–Trinajstić information content (AvgIpc) is 3.20. The van der Waals surface area contributed by atoms with Crippen LogP contribution >= 0.6 is 0 Å². The van der Waals surface area contributed by atoms with Gasteiger partial charge in [0.1, 0.15) is 5.82 Å². The summed E-state index contributed by atoms with van der Waals surface area (Å²) in [6, 6.07) is 0. The number of hydrogen-bond acceptors (Lipinski definition) is 3. The maximum Gasteiger partial charge on any atom is 0.225 e. The molecule has 3 rings (SSSR count). The molecule has 2 fully saturated rings. The number of carbonyl (C=O) groups excluding carboxylic acids is 1. The molecular formula is C15H24N4O. The number of likely N-dealkylation sites (tertiary alicyclic amines) is 1. The van der Waals surface area contributed by atoms with Crippen molar-refractivity contribution < 1.29 is 4.79 Å². The number of rotatable bonds is 4. The Labute approximate surface area is 120 Å². The van der Waals surface area contributed by atoms with Crippen molar-refractivity contribution in [3.63, 3.8) is 0 Å². The molecule has 1 amide bonds. The molecule has 0 radical (unpaired) electrons. The molecule has 20 heavy (non-hydrogen) atoms. The smallest absolute Gasteiger partial charge is 0.225 e. The quantitative estimate of drug-likeness (QED) is 0.916. The zero-order chi connectivity index (χ0) is 14.1. The van der Waals surface area contributed by atoms with Crippen molar-refractivity contribution in [1.82, 2.24) is 20.1 Å². The van der Waals surface area contributed by atoms with E-state index >= 15 is 0 Å². The van der Waals surface area contributed by atoms with Crippen LogP contribution < -0.4 is 0 Å². The van der Waals surface area contributed by atoms with Gasteiger partial charge in [-0.05, 0) is 31.6 Å². The molecule has 1 aliphatic heterocycles. The van der Waals surface area contributed by atoms with Crippen LogP contribution in [0.4, 0.5) is 0 Å². The summed E-state index contributed by atoms with van der Waals surface area (Å²) in [5.74, 6) is 3.69. The molecule has 5 nitrogen and oxygen atoms in total. The highest BCUT2D eigenvalue weighted by Crippen LogP contribution is 2.37. The summed E-state index contributed by atoms with van der Waals surface area (Å²) < 4.78 is 0. The van der Waals surface area contributed by atoms with Gasteiger partial charge in [0.05, 0.1) is 0 Å². The van der Waals surface area contributed by atoms with Gasteiger partial charge in [-0.1, -0.05) is 13.8 Å². The molecule has 0 unspecified atom stereocenters. The Balaban J connectivity index is 1.49. The molecule has 0 bridgehead atoms. The molecule has 1 aromatic rings. The molecule has 1 N–H and O–H groups in total. The van der Waals surface area contributed by atoms with Gasteiger partial charge in [-0.3, -0.25) is 9.89 Å². The van der Waals surface area contributed by atoms with E-state index in [-0.39, 0.29) is 5.92 Å². The van der Waals surface area contributed by atoms with Gasteiger partial charge in [-0.15, -0.1) is 0 Å². The normalized spacial score (nSPS) is 20.6. The largest absolute Gasteiger partial charge is 0.342 e. The monoisotopic (exact) mass is 276 g/mol. The van der Waals surface area contributed by atoms with Crippen molar-refractivity contribution in [2.45, 2.75) is 51.9 Å². The zero-order valence-electron chi connectivity index (χ0n) is 12.4. The Morgan fingerprint density at radius 1 is 1.30 bits per heavy atom. The van der Waals surface area contributed by atoms with E-state index in [1.165, 1.54) is 12.8 Å². The molecule has 5 heteroatoms. The molecule has 110 valence electrons. The number of H-pyrrole nitrogens is 1. The van der Waals surface area contributed by atoms with Crippen molar-refractivity contribution in [1.29, 1.82) is 0 Å². The van der Waals surface area contributed by atoms with Crippen LogP contribution in [0, 0.1) is 11.8 Å². The fourth-order valence-electron chi connectivity index (χ4n) is 2.92. The predicted octanol–water partition coefficient (Wildman–Crippen LogP) is 2.12. The number of hydrogen-bond donors (Lipinski definition) is 1. The van der Waals surface area contributed by atoms with Crippen molar-refractivity contribution in [2.75, 3.05) is 13.1 Å². The number of aromatic nitrogens is 3. The molecule has 0 atom stereocenters. The first-order valence-electron chi connectivity index (χ1n) is 7.83. The number of nitrogens with one attached hydrogen (secondary N) is 1. The maximum absolute atomic E-state index is 11.9. The van der Waals surface area contributed by atoms with Crippen LogP contribution in [0.2, 0.25) is 0 Å². The Hall–Kier alpha value is -1.39. The van der Waals surface area contributed by atoms with E-state index in [1.54, 1.807) is 0 Å². The summed E-state index contributed by atoms with van der Waals surface area (Å²) in [5, 5.41) is 7.39. The van der Waals surface area contributed by atoms with Gasteiger partial charge >= 0.3 is 0 Å². The maximum atomic E-state index is 11.9. The topological polar surface area (TPSA) is 61.9 Å². The molecule has 1 aliphatic carbocycles. The average molecular weight is 276 g/mol. The fourth-order valence-corrected chi connectivity index (χ4v) is 2.92. The summed E-state index contributed by atoms with van der Waals surface area (Å²) >= 11 is 0. The van der Waals surface area contributed by atoms with Crippen LogP contribution in [-0.2, 0) is 11.2 Å². The minimum Gasteiger partial charge on any atom is -0.342 e. The summed E-state index contributed by atoms with van der Waals surface area (Å²) in [4.78, 5) is 18.6. The van der Waals surface area contributed by atoms with Crippen molar-refractivity contribution in [2.24, 2.45) is 11.8 Å². The van der Waals surface area contributed by atoms with E-state index in [1.807, 2.05) is 18.7 Å². The molecule has 2 heterocycles. The fraction of sp³-hybridized carbons (Fsp3) is 0.800. The third kappa shape index (κ3) is 3.02. The molecule has 2 aliphatic rings. The molecule has 1 aromatic heterocycles. The van der Waals surface area contributed by atoms with Crippen LogP contribution in [-0.4, -0.2) is 39.1 Å². The van der Waals surface area contributed by atoms with Crippen molar-refractivity contribution in [3.8, 4) is 0 Å². The third-order valence-corrected chi connectivity index (χ3v) is 4.39. The SMILES string of the molecule is CC(C)C(=O)N1CCC(Cc2nc(C3CC3)n[nH]2)CC1. The van der Waals surface area contributed by atoms with Crippen molar-refractivity contribution >= 4 is 5.91 Å². The van der Waals surface area contributed by atoms with Gasteiger partial charge in [-0.2, -0.15) is 5.10 Å². The van der Waals surface area contributed by atoms with Gasteiger partial charge in [0.2, 0.25) is 5.91 Å². The number of carbonyl (C=O) groups is 1. The molecular weight excluding hydrogens is 252 g/mol. The first-order chi connectivity index (χ1) is 9.63. The van der Waals surface area contributed by atoms with Gasteiger partial charge in [0.25, 0.3) is 0 Å². The predicted molar refractivity (Wildman–Crippen MR) is 76.2 cm³/mol. The second-order valence-electron chi connectivity index (χ2n) is 6.54. The lowest BCUT2D eigenvalue weighted by atomic mass is 9.92. The van der Waals surface area contributed by atoms with Crippen LogP contribution in [0.15, 0.2) is 0 Å². The van der Waals surface area contributed by atoms with Gasteiger partial charge in [0.15, 0.2) is 5.82 Å². The zero-order valence-corrected chi connectivity index (χ0v) is 12.4. The lowest BCUT2D eigenvalue weighted by Crippen LogP contribution is -2.41. The second kappa shape index (κ2) is 5.54. The molecule has 1 saturated carbocycles. The van der Waals surface area contributed by atoms with Crippen LogP contribution in [0.5, 0.6) is 0 Å². The number of nitrogens with zero attached hydrogens (tertiary/aromatic N) is 3. The minimum atomic E-state index is 0.113. The molecule has 0 aromatic carbocycles. The minimum absolute atomic E-state index is 0.113. The highest BCUT2D eigenvalue weighted by molar-refractivity contribution is 5.78. The first kappa shape index (κ1) is 13.6. The van der Waals surface area contributed by atoms with E-state index in [0.29, 0.717) is 17.7 Å². The number of aromatic amines is 1. The van der Waals surface area contributed by atoms with E-state index in [2.05, 4.69) is 15.2 Å². The van der Waals surface area contributed by atoms with Crippen LogP contribution in [0.1, 0.15) is 57.1 Å². The highest BCUT2D eigenvalue weighted by Gasteiger charge is 2.29. The standard InChI is InChI=1S/C15H24N4O/c1-10(2)15(20)19-7-5-11(6-8-19)9-13-16-14(18-17-13)12-3-4-12/h10-12H,3-9H2,1-2H3,(H,16,17,18). The molecule has 1 saturated heterocycles. The Morgan fingerprint density at radius 3 is 2.60 bits per heavy atom. The van der Waals surface area contributed by atoms with Crippen LogP contribution in [0.25, 0.3) is 0 Å². The Bertz CT molecular complexity index is 470. The van der Waals surface area contributed by atoms with E-state index < -0.39 is 0 Å². The van der Waals surface area contributed by atoms with Gasteiger partial charge < -0.3 is 4.90 Å². The molecule has 0 spiro atoms. The van der Waals surface area contributed by atoms with E-state index in [4.69, 9.17) is 0 Å². The Kier molecular flexibility index (Phi) is 3.76. The first-order valence-corrected chi connectivity index (χ1v) is 7.83. The second-order valence-corrected chi connectivity index (χ2v) is 6.54. The lowest BCUT2D eigenvalue weighted by molar-refractivity contribution is -0.135. The number of amides is 1. The van der Waals surface area contributed by atoms with Gasteiger partial charge in [0, 0.05) is 31.3 Å². The lowest BCUT2D eigenvalue weighted by Gasteiger charge is -2.32. The third-order valence-electron chi connectivity index (χ3n) is 4.39. The Morgan fingerprint density at radius 2 is 2.00 bits per heavy atom. The van der Waals surface area contributed by atoms with Crippen LogP contribution in [0.3, 0.4) is 0 Å². The summed E-state index contributed by atoms with van der Waals surface area (Å²) in [7, 11) is 0. The van der Waals surface area contributed by atoms with Gasteiger partial charge in [-0.25, -0.2) is 4.98 Å². The summed E-state index contributed by atoms with van der Waals surface area (Å²) in [6.07, 6.45) is 5.62. The number of piperidine rings is 1. The van der Waals surface area contributed by atoms with E-state index in [9.17, 15) is 4.79 Å².